The van der Waals surface area contributed by atoms with Gasteiger partial charge in [0.15, 0.2) is 12.2 Å². The molecular formula is C17H11ClN2O4S. The number of rotatable bonds is 4. The van der Waals surface area contributed by atoms with Crippen LogP contribution in [0.15, 0.2) is 44.0 Å². The lowest BCUT2D eigenvalue weighted by molar-refractivity contribution is 0.0395. The van der Waals surface area contributed by atoms with Crippen LogP contribution in [0, 0.1) is 6.92 Å². The SMILES string of the molecule is Cc1c(C(=O)OCc2nc(-c3ccsc3)no2)oc2c(Cl)cccc12. The van der Waals surface area contributed by atoms with E-state index in [1.165, 1.54) is 11.3 Å². The van der Waals surface area contributed by atoms with E-state index in [0.717, 1.165) is 10.9 Å². The Labute approximate surface area is 151 Å². The van der Waals surface area contributed by atoms with Crippen LogP contribution in [0.2, 0.25) is 5.02 Å². The number of para-hydroxylation sites is 1. The van der Waals surface area contributed by atoms with Crippen LogP contribution in [0.3, 0.4) is 0 Å². The van der Waals surface area contributed by atoms with Gasteiger partial charge in [-0.3, -0.25) is 0 Å². The van der Waals surface area contributed by atoms with Gasteiger partial charge in [-0.2, -0.15) is 16.3 Å². The lowest BCUT2D eigenvalue weighted by Gasteiger charge is -1.99. The van der Waals surface area contributed by atoms with E-state index in [4.69, 9.17) is 25.3 Å². The maximum absolute atomic E-state index is 12.3. The monoisotopic (exact) mass is 374 g/mol. The number of thiophene rings is 1. The van der Waals surface area contributed by atoms with Gasteiger partial charge < -0.3 is 13.7 Å². The lowest BCUT2D eigenvalue weighted by atomic mass is 10.1. The molecule has 0 bridgehead atoms. The Morgan fingerprint density at radius 3 is 3.00 bits per heavy atom. The Morgan fingerprint density at radius 2 is 2.24 bits per heavy atom. The standard InChI is InChI=1S/C17H11ClN2O4S/c1-9-11-3-2-4-12(18)15(11)23-14(9)17(21)22-7-13-19-16(20-24-13)10-5-6-25-8-10/h2-6,8H,7H2,1H3. The summed E-state index contributed by atoms with van der Waals surface area (Å²) in [4.78, 5) is 16.5. The van der Waals surface area contributed by atoms with Crippen LogP contribution >= 0.6 is 22.9 Å². The van der Waals surface area contributed by atoms with Gasteiger partial charge in [0.2, 0.25) is 11.6 Å². The van der Waals surface area contributed by atoms with Crippen molar-refractivity contribution in [3.8, 4) is 11.4 Å². The summed E-state index contributed by atoms with van der Waals surface area (Å²) in [5, 5.41) is 8.90. The average Bonchev–Trinajstić information content (AvgIpc) is 3.33. The summed E-state index contributed by atoms with van der Waals surface area (Å²) in [5.41, 5.74) is 1.99. The van der Waals surface area contributed by atoms with Crippen molar-refractivity contribution >= 4 is 39.9 Å². The summed E-state index contributed by atoms with van der Waals surface area (Å²) >= 11 is 7.63. The maximum atomic E-state index is 12.3. The number of hydrogen-bond acceptors (Lipinski definition) is 7. The molecule has 0 N–H and O–H groups in total. The number of nitrogens with zero attached hydrogens (tertiary/aromatic N) is 2. The van der Waals surface area contributed by atoms with Crippen molar-refractivity contribution in [2.24, 2.45) is 0 Å². The fourth-order valence-corrected chi connectivity index (χ4v) is 3.27. The summed E-state index contributed by atoms with van der Waals surface area (Å²) in [6, 6.07) is 7.22. The highest BCUT2D eigenvalue weighted by Crippen LogP contribution is 2.31. The van der Waals surface area contributed by atoms with Crippen LogP contribution < -0.4 is 0 Å². The highest BCUT2D eigenvalue weighted by atomic mass is 35.5. The normalized spacial score (nSPS) is 11.1. The van der Waals surface area contributed by atoms with Gasteiger partial charge in [0.1, 0.15) is 0 Å². The highest BCUT2D eigenvalue weighted by Gasteiger charge is 2.21. The van der Waals surface area contributed by atoms with E-state index in [2.05, 4.69) is 10.1 Å². The third-order valence-corrected chi connectivity index (χ3v) is 4.66. The minimum atomic E-state index is -0.611. The van der Waals surface area contributed by atoms with E-state index in [1.807, 2.05) is 22.9 Å². The number of furan rings is 1. The fourth-order valence-electron chi connectivity index (χ4n) is 2.42. The summed E-state index contributed by atoms with van der Waals surface area (Å²) < 4.78 is 15.9. The Kier molecular flexibility index (Phi) is 4.03. The Morgan fingerprint density at radius 1 is 1.36 bits per heavy atom. The first kappa shape index (κ1) is 15.9. The van der Waals surface area contributed by atoms with Crippen LogP contribution in [-0.4, -0.2) is 16.1 Å². The highest BCUT2D eigenvalue weighted by molar-refractivity contribution is 7.08. The van der Waals surface area contributed by atoms with E-state index >= 15 is 0 Å². The summed E-state index contributed by atoms with van der Waals surface area (Å²) in [6.07, 6.45) is 0. The molecule has 6 nitrogen and oxygen atoms in total. The Hall–Kier alpha value is -2.64. The van der Waals surface area contributed by atoms with E-state index < -0.39 is 5.97 Å². The molecule has 0 radical (unpaired) electrons. The first-order chi connectivity index (χ1) is 12.1. The van der Waals surface area contributed by atoms with Gasteiger partial charge in [-0.25, -0.2) is 4.79 Å². The van der Waals surface area contributed by atoms with Gasteiger partial charge in [-0.15, -0.1) is 0 Å². The van der Waals surface area contributed by atoms with Gasteiger partial charge in [0.05, 0.1) is 5.02 Å². The Balaban J connectivity index is 1.51. The van der Waals surface area contributed by atoms with Crippen LogP contribution in [0.1, 0.15) is 22.0 Å². The van der Waals surface area contributed by atoms with Crippen molar-refractivity contribution in [3.63, 3.8) is 0 Å². The predicted molar refractivity (Wildman–Crippen MR) is 92.7 cm³/mol. The summed E-state index contributed by atoms with van der Waals surface area (Å²) in [6.45, 7) is 1.64. The molecule has 0 unspecified atom stereocenters. The van der Waals surface area contributed by atoms with Crippen molar-refractivity contribution in [3.05, 3.63) is 57.3 Å². The third-order valence-electron chi connectivity index (χ3n) is 3.68. The molecule has 0 aliphatic carbocycles. The van der Waals surface area contributed by atoms with E-state index in [-0.39, 0.29) is 18.3 Å². The summed E-state index contributed by atoms with van der Waals surface area (Å²) in [5.74, 6) is 0.168. The zero-order valence-electron chi connectivity index (χ0n) is 13.0. The number of aromatic nitrogens is 2. The zero-order valence-corrected chi connectivity index (χ0v) is 14.6. The van der Waals surface area contributed by atoms with E-state index in [0.29, 0.717) is 22.0 Å². The number of hydrogen-bond donors (Lipinski definition) is 0. The molecule has 0 fully saturated rings. The molecule has 4 rings (SSSR count). The largest absolute Gasteiger partial charge is 0.450 e. The first-order valence-electron chi connectivity index (χ1n) is 7.33. The molecular weight excluding hydrogens is 364 g/mol. The number of ether oxygens (including phenoxy) is 1. The Bertz CT molecular complexity index is 1050. The molecule has 1 aromatic carbocycles. The number of carbonyl (C=O) groups excluding carboxylic acids is 1. The van der Waals surface area contributed by atoms with E-state index in [9.17, 15) is 4.79 Å². The number of benzene rings is 1. The van der Waals surface area contributed by atoms with Gasteiger partial charge in [0.25, 0.3) is 5.89 Å². The lowest BCUT2D eigenvalue weighted by Crippen LogP contribution is -2.05. The molecule has 126 valence electrons. The molecule has 25 heavy (non-hydrogen) atoms. The average molecular weight is 375 g/mol. The quantitative estimate of drug-likeness (QED) is 0.474. The summed E-state index contributed by atoms with van der Waals surface area (Å²) in [7, 11) is 0. The number of halogens is 1. The number of aryl methyl sites for hydroxylation is 1. The van der Waals surface area contributed by atoms with E-state index in [1.54, 1.807) is 19.1 Å². The van der Waals surface area contributed by atoms with Gasteiger partial charge in [-0.1, -0.05) is 28.9 Å². The molecule has 3 heterocycles. The van der Waals surface area contributed by atoms with Crippen LogP contribution in [0.5, 0.6) is 0 Å². The van der Waals surface area contributed by atoms with Crippen molar-refractivity contribution in [2.45, 2.75) is 13.5 Å². The molecule has 0 aliphatic heterocycles. The second-order valence-electron chi connectivity index (χ2n) is 5.27. The van der Waals surface area contributed by atoms with Gasteiger partial charge in [0, 0.05) is 21.9 Å². The third kappa shape index (κ3) is 2.92. The second kappa shape index (κ2) is 6.34. The second-order valence-corrected chi connectivity index (χ2v) is 6.46. The molecule has 0 atom stereocenters. The van der Waals surface area contributed by atoms with Gasteiger partial charge >= 0.3 is 5.97 Å². The van der Waals surface area contributed by atoms with Crippen molar-refractivity contribution in [2.75, 3.05) is 0 Å². The van der Waals surface area contributed by atoms with Gasteiger partial charge in [-0.05, 0) is 24.4 Å². The first-order valence-corrected chi connectivity index (χ1v) is 8.65. The molecule has 0 amide bonds. The minimum absolute atomic E-state index is 0.112. The van der Waals surface area contributed by atoms with Crippen molar-refractivity contribution in [1.29, 1.82) is 0 Å². The zero-order chi connectivity index (χ0) is 17.4. The number of fused-ring (bicyclic) bond motifs is 1. The molecule has 0 spiro atoms. The van der Waals surface area contributed by atoms with Crippen molar-refractivity contribution in [1.82, 2.24) is 10.1 Å². The molecule has 4 aromatic rings. The molecule has 8 heteroatoms. The van der Waals surface area contributed by atoms with Crippen LogP contribution in [0.4, 0.5) is 0 Å². The minimum Gasteiger partial charge on any atom is -0.450 e. The van der Waals surface area contributed by atoms with Crippen molar-refractivity contribution < 1.29 is 18.5 Å². The number of esters is 1. The van der Waals surface area contributed by atoms with Crippen LogP contribution in [0.25, 0.3) is 22.4 Å². The van der Waals surface area contributed by atoms with Crippen LogP contribution in [-0.2, 0) is 11.3 Å². The predicted octanol–water partition coefficient (Wildman–Crippen LogP) is 4.86. The molecule has 0 aliphatic rings. The molecule has 0 saturated heterocycles. The number of carbonyl (C=O) groups is 1. The topological polar surface area (TPSA) is 78.4 Å². The maximum Gasteiger partial charge on any atom is 0.375 e. The smallest absolute Gasteiger partial charge is 0.375 e. The molecule has 0 saturated carbocycles. The fraction of sp³-hybridized carbons (Fsp3) is 0.118. The molecule has 3 aromatic heterocycles.